The fourth-order valence-corrected chi connectivity index (χ4v) is 3.24. The number of benzene rings is 3. The lowest BCUT2D eigenvalue weighted by Gasteiger charge is -2.19. The third-order valence-corrected chi connectivity index (χ3v) is 4.78. The molecule has 0 saturated heterocycles. The Morgan fingerprint density at radius 2 is 1.42 bits per heavy atom. The third-order valence-electron chi connectivity index (χ3n) is 4.78. The Labute approximate surface area is 156 Å². The van der Waals surface area contributed by atoms with E-state index in [0.29, 0.717) is 5.92 Å². The maximum Gasteiger partial charge on any atom is 0.118 e. The van der Waals surface area contributed by atoms with Gasteiger partial charge in [0.1, 0.15) is 5.75 Å². The zero-order valence-electron chi connectivity index (χ0n) is 15.6. The summed E-state index contributed by atoms with van der Waals surface area (Å²) in [4.78, 5) is 0. The van der Waals surface area contributed by atoms with Crippen molar-refractivity contribution in [3.8, 4) is 5.75 Å². The predicted octanol–water partition coefficient (Wildman–Crippen LogP) is 5.32. The van der Waals surface area contributed by atoms with Gasteiger partial charge in [-0.15, -0.1) is 0 Å². The van der Waals surface area contributed by atoms with E-state index in [1.54, 1.807) is 7.11 Å². The van der Waals surface area contributed by atoms with Crippen molar-refractivity contribution in [3.63, 3.8) is 0 Å². The second kappa shape index (κ2) is 9.21. The third kappa shape index (κ3) is 4.96. The highest BCUT2D eigenvalue weighted by Gasteiger charge is 2.14. The fraction of sp³-hybridized carbons (Fsp3) is 0.250. The van der Waals surface area contributed by atoms with E-state index in [9.17, 15) is 0 Å². The van der Waals surface area contributed by atoms with E-state index in [1.165, 1.54) is 22.3 Å². The molecule has 0 aliphatic carbocycles. The van der Waals surface area contributed by atoms with Crippen LogP contribution in [-0.4, -0.2) is 13.7 Å². The lowest BCUT2D eigenvalue weighted by Crippen LogP contribution is -2.17. The summed E-state index contributed by atoms with van der Waals surface area (Å²) >= 11 is 0. The lowest BCUT2D eigenvalue weighted by atomic mass is 9.88. The molecular weight excluding hydrogens is 318 g/mol. The van der Waals surface area contributed by atoms with E-state index in [-0.39, 0.29) is 0 Å². The Balaban J connectivity index is 1.69. The molecule has 2 nitrogen and oxygen atoms in total. The first-order valence-electron chi connectivity index (χ1n) is 9.21. The van der Waals surface area contributed by atoms with E-state index < -0.39 is 0 Å². The highest BCUT2D eigenvalue weighted by molar-refractivity contribution is 5.37. The second-order valence-corrected chi connectivity index (χ2v) is 6.69. The van der Waals surface area contributed by atoms with Crippen molar-refractivity contribution in [1.82, 2.24) is 5.32 Å². The zero-order chi connectivity index (χ0) is 18.2. The van der Waals surface area contributed by atoms with Gasteiger partial charge in [0, 0.05) is 12.5 Å². The van der Waals surface area contributed by atoms with Crippen molar-refractivity contribution in [3.05, 3.63) is 101 Å². The van der Waals surface area contributed by atoms with Crippen LogP contribution in [0.2, 0.25) is 0 Å². The van der Waals surface area contributed by atoms with Gasteiger partial charge in [0.2, 0.25) is 0 Å². The maximum absolute atomic E-state index is 5.31. The number of rotatable bonds is 8. The largest absolute Gasteiger partial charge is 0.497 e. The summed E-state index contributed by atoms with van der Waals surface area (Å²) in [5.41, 5.74) is 5.31. The predicted molar refractivity (Wildman–Crippen MR) is 109 cm³/mol. The van der Waals surface area contributed by atoms with Gasteiger partial charge in [-0.25, -0.2) is 0 Å². The Morgan fingerprint density at radius 1 is 0.808 bits per heavy atom. The highest BCUT2D eigenvalue weighted by atomic mass is 16.5. The molecular formula is C24H27NO. The number of methoxy groups -OCH3 is 1. The van der Waals surface area contributed by atoms with Gasteiger partial charge in [0.15, 0.2) is 0 Å². The molecule has 0 heterocycles. The van der Waals surface area contributed by atoms with Crippen molar-refractivity contribution in [1.29, 1.82) is 0 Å². The van der Waals surface area contributed by atoms with Gasteiger partial charge < -0.3 is 10.1 Å². The van der Waals surface area contributed by atoms with Crippen LogP contribution in [0.4, 0.5) is 0 Å². The fourth-order valence-electron chi connectivity index (χ4n) is 3.24. The first kappa shape index (κ1) is 18.2. The van der Waals surface area contributed by atoms with Crippen LogP contribution in [0.25, 0.3) is 0 Å². The Morgan fingerprint density at radius 3 is 2.04 bits per heavy atom. The molecule has 0 aliphatic heterocycles. The van der Waals surface area contributed by atoms with Gasteiger partial charge in [-0.05, 0) is 48.7 Å². The van der Waals surface area contributed by atoms with Gasteiger partial charge in [-0.3, -0.25) is 0 Å². The van der Waals surface area contributed by atoms with Crippen LogP contribution in [0.1, 0.15) is 34.6 Å². The molecule has 0 bridgehead atoms. The van der Waals surface area contributed by atoms with Crippen LogP contribution in [0, 0.1) is 6.92 Å². The molecule has 3 rings (SSSR count). The average molecular weight is 345 g/mol. The molecule has 3 aromatic carbocycles. The van der Waals surface area contributed by atoms with Crippen LogP contribution < -0.4 is 10.1 Å². The van der Waals surface area contributed by atoms with Crippen LogP contribution >= 0.6 is 0 Å². The van der Waals surface area contributed by atoms with Crippen molar-refractivity contribution in [2.45, 2.75) is 25.8 Å². The molecule has 0 aliphatic rings. The quantitative estimate of drug-likeness (QED) is 0.558. The summed E-state index contributed by atoms with van der Waals surface area (Å²) < 4.78 is 5.31. The first-order valence-corrected chi connectivity index (χ1v) is 9.21. The van der Waals surface area contributed by atoms with Gasteiger partial charge in [0.25, 0.3) is 0 Å². The molecule has 1 atom stereocenters. The molecule has 0 amide bonds. The minimum Gasteiger partial charge on any atom is -0.497 e. The van der Waals surface area contributed by atoms with Crippen LogP contribution in [0.5, 0.6) is 5.75 Å². The van der Waals surface area contributed by atoms with Gasteiger partial charge in [0.05, 0.1) is 7.11 Å². The summed E-state index contributed by atoms with van der Waals surface area (Å²) in [5, 5.41) is 3.58. The molecule has 0 radical (unpaired) electrons. The number of aryl methyl sites for hydroxylation is 1. The Kier molecular flexibility index (Phi) is 6.45. The summed E-state index contributed by atoms with van der Waals surface area (Å²) in [6, 6.07) is 27.9. The first-order chi connectivity index (χ1) is 12.8. The molecule has 0 saturated carbocycles. The summed E-state index contributed by atoms with van der Waals surface area (Å²) in [6.07, 6.45) is 1.06. The van der Waals surface area contributed by atoms with Crippen LogP contribution in [0.15, 0.2) is 78.9 Å². The molecule has 0 fully saturated rings. The molecule has 1 unspecified atom stereocenters. The van der Waals surface area contributed by atoms with E-state index in [1.807, 2.05) is 12.1 Å². The van der Waals surface area contributed by atoms with Crippen LogP contribution in [0.3, 0.4) is 0 Å². The maximum atomic E-state index is 5.31. The number of hydrogen-bond donors (Lipinski definition) is 1. The Bertz CT molecular complexity index is 779. The highest BCUT2D eigenvalue weighted by Crippen LogP contribution is 2.29. The minimum atomic E-state index is 0.379. The molecule has 134 valence electrons. The summed E-state index contributed by atoms with van der Waals surface area (Å²) in [6.45, 7) is 4.01. The van der Waals surface area contributed by atoms with E-state index in [4.69, 9.17) is 4.74 Å². The molecule has 0 spiro atoms. The van der Waals surface area contributed by atoms with Crippen molar-refractivity contribution < 1.29 is 4.74 Å². The molecule has 1 N–H and O–H groups in total. The van der Waals surface area contributed by atoms with Crippen LogP contribution in [-0.2, 0) is 6.54 Å². The number of hydrogen-bond acceptors (Lipinski definition) is 2. The normalized spacial score (nSPS) is 11.9. The molecule has 2 heteroatoms. The molecule has 26 heavy (non-hydrogen) atoms. The second-order valence-electron chi connectivity index (χ2n) is 6.69. The number of nitrogens with one attached hydrogen (secondary N) is 1. The van der Waals surface area contributed by atoms with Crippen molar-refractivity contribution >= 4 is 0 Å². The smallest absolute Gasteiger partial charge is 0.118 e. The average Bonchev–Trinajstić information content (AvgIpc) is 2.70. The Hall–Kier alpha value is -2.58. The van der Waals surface area contributed by atoms with Gasteiger partial charge in [-0.1, -0.05) is 72.3 Å². The SMILES string of the molecule is COc1ccc(C(CCNCc2ccccc2)c2ccc(C)cc2)cc1. The van der Waals surface area contributed by atoms with Gasteiger partial charge in [-0.2, -0.15) is 0 Å². The van der Waals surface area contributed by atoms with E-state index >= 15 is 0 Å². The minimum absolute atomic E-state index is 0.379. The number of ether oxygens (including phenoxy) is 1. The monoisotopic (exact) mass is 345 g/mol. The van der Waals surface area contributed by atoms with E-state index in [0.717, 1.165) is 25.3 Å². The van der Waals surface area contributed by atoms with Crippen molar-refractivity contribution in [2.75, 3.05) is 13.7 Å². The van der Waals surface area contributed by atoms with Gasteiger partial charge >= 0.3 is 0 Å². The zero-order valence-corrected chi connectivity index (χ0v) is 15.6. The molecule has 3 aromatic rings. The summed E-state index contributed by atoms with van der Waals surface area (Å²) in [7, 11) is 1.71. The topological polar surface area (TPSA) is 21.3 Å². The van der Waals surface area contributed by atoms with E-state index in [2.05, 4.69) is 79.0 Å². The molecule has 0 aromatic heterocycles. The van der Waals surface area contributed by atoms with Crippen molar-refractivity contribution in [2.24, 2.45) is 0 Å². The summed E-state index contributed by atoms with van der Waals surface area (Å²) in [5.74, 6) is 1.28. The lowest BCUT2D eigenvalue weighted by molar-refractivity contribution is 0.414. The standard InChI is InChI=1S/C24H27NO/c1-19-8-10-21(11-9-19)24(22-12-14-23(26-2)15-13-22)16-17-25-18-20-6-4-3-5-7-20/h3-15,24-25H,16-18H2,1-2H3.